The van der Waals surface area contributed by atoms with E-state index < -0.39 is 0 Å². The summed E-state index contributed by atoms with van der Waals surface area (Å²) >= 11 is 0. The molecule has 0 amide bonds. The van der Waals surface area contributed by atoms with Crippen molar-refractivity contribution in [1.82, 2.24) is 4.90 Å². The van der Waals surface area contributed by atoms with E-state index in [1.165, 1.54) is 24.0 Å². The van der Waals surface area contributed by atoms with E-state index in [0.717, 1.165) is 25.6 Å². The van der Waals surface area contributed by atoms with Crippen LogP contribution in [0.2, 0.25) is 0 Å². The van der Waals surface area contributed by atoms with Crippen LogP contribution in [0.25, 0.3) is 0 Å². The molecule has 0 bridgehead atoms. The first-order chi connectivity index (χ1) is 10.4. The molecule has 0 aromatic heterocycles. The molecule has 0 aliphatic heterocycles. The predicted octanol–water partition coefficient (Wildman–Crippen LogP) is 3.43. The van der Waals surface area contributed by atoms with Gasteiger partial charge in [-0.15, -0.1) is 0 Å². The Balaban J connectivity index is 1.76. The van der Waals surface area contributed by atoms with Gasteiger partial charge in [0.05, 0.1) is 0 Å². The Hall–Kier alpha value is -1.64. The van der Waals surface area contributed by atoms with Crippen molar-refractivity contribution in [3.05, 3.63) is 71.8 Å². The summed E-state index contributed by atoms with van der Waals surface area (Å²) in [6.45, 7) is 2.71. The maximum atomic E-state index is 6.08. The van der Waals surface area contributed by atoms with Crippen LogP contribution >= 0.6 is 0 Å². The normalized spacial score (nSPS) is 16.1. The topological polar surface area (TPSA) is 29.3 Å². The zero-order chi connectivity index (χ0) is 14.5. The van der Waals surface area contributed by atoms with Crippen LogP contribution in [0.15, 0.2) is 60.7 Å². The molecule has 2 heteroatoms. The van der Waals surface area contributed by atoms with Crippen LogP contribution in [0.3, 0.4) is 0 Å². The average Bonchev–Trinajstić information content (AvgIpc) is 3.35. The predicted molar refractivity (Wildman–Crippen MR) is 87.7 cm³/mol. The minimum atomic E-state index is 0.505. The van der Waals surface area contributed by atoms with Gasteiger partial charge in [-0.3, -0.25) is 4.90 Å². The Bertz CT molecular complexity index is 493. The van der Waals surface area contributed by atoms with Gasteiger partial charge in [0.15, 0.2) is 0 Å². The Morgan fingerprint density at radius 3 is 1.71 bits per heavy atom. The summed E-state index contributed by atoms with van der Waals surface area (Å²) in [6.07, 6.45) is 2.67. The first-order valence-corrected chi connectivity index (χ1v) is 7.89. The maximum Gasteiger partial charge on any atom is 0.0253 e. The van der Waals surface area contributed by atoms with Crippen molar-refractivity contribution in [2.45, 2.75) is 32.0 Å². The van der Waals surface area contributed by atoms with Crippen molar-refractivity contribution in [3.63, 3.8) is 0 Å². The average molecular weight is 280 g/mol. The lowest BCUT2D eigenvalue weighted by Crippen LogP contribution is -2.41. The number of nitrogens with zero attached hydrogens (tertiary/aromatic N) is 1. The summed E-state index contributed by atoms with van der Waals surface area (Å²) in [5.41, 5.74) is 8.82. The standard InChI is InChI=1S/C19H24N2/c20-13-19(18-11-12-18)21(14-16-7-3-1-4-8-16)15-17-9-5-2-6-10-17/h1-10,18-19H,11-15,20H2. The minimum absolute atomic E-state index is 0.505. The molecular formula is C19H24N2. The van der Waals surface area contributed by atoms with Crippen molar-refractivity contribution < 1.29 is 0 Å². The zero-order valence-corrected chi connectivity index (χ0v) is 12.5. The van der Waals surface area contributed by atoms with E-state index in [9.17, 15) is 0 Å². The van der Waals surface area contributed by atoms with Crippen molar-refractivity contribution >= 4 is 0 Å². The summed E-state index contributed by atoms with van der Waals surface area (Å²) in [5, 5.41) is 0. The Morgan fingerprint density at radius 1 is 0.857 bits per heavy atom. The van der Waals surface area contributed by atoms with Gasteiger partial charge in [-0.2, -0.15) is 0 Å². The smallest absolute Gasteiger partial charge is 0.0253 e. The lowest BCUT2D eigenvalue weighted by Gasteiger charge is -2.31. The summed E-state index contributed by atoms with van der Waals surface area (Å²) < 4.78 is 0. The first kappa shape index (κ1) is 14.3. The van der Waals surface area contributed by atoms with Crippen LogP contribution in [0.1, 0.15) is 24.0 Å². The fourth-order valence-electron chi connectivity index (χ4n) is 3.05. The first-order valence-electron chi connectivity index (χ1n) is 7.89. The fourth-order valence-corrected chi connectivity index (χ4v) is 3.05. The van der Waals surface area contributed by atoms with E-state index in [2.05, 4.69) is 65.6 Å². The molecule has 2 aromatic carbocycles. The van der Waals surface area contributed by atoms with Gasteiger partial charge in [0.25, 0.3) is 0 Å². The lowest BCUT2D eigenvalue weighted by atomic mass is 10.1. The van der Waals surface area contributed by atoms with Crippen molar-refractivity contribution in [2.24, 2.45) is 11.7 Å². The van der Waals surface area contributed by atoms with Crippen LogP contribution < -0.4 is 5.73 Å². The third kappa shape index (κ3) is 3.93. The molecule has 0 saturated heterocycles. The number of rotatable bonds is 7. The Labute approximate surface area is 127 Å². The van der Waals surface area contributed by atoms with Gasteiger partial charge in [0, 0.05) is 25.7 Å². The summed E-state index contributed by atoms with van der Waals surface area (Å²) in [5.74, 6) is 0.794. The number of benzene rings is 2. The van der Waals surface area contributed by atoms with E-state index in [-0.39, 0.29) is 0 Å². The largest absolute Gasteiger partial charge is 0.329 e. The van der Waals surface area contributed by atoms with E-state index in [1.807, 2.05) is 0 Å². The second-order valence-electron chi connectivity index (χ2n) is 6.02. The van der Waals surface area contributed by atoms with E-state index in [1.54, 1.807) is 0 Å². The van der Waals surface area contributed by atoms with E-state index in [4.69, 9.17) is 5.73 Å². The molecule has 0 heterocycles. The molecule has 0 spiro atoms. The second kappa shape index (κ2) is 6.88. The Morgan fingerprint density at radius 2 is 1.33 bits per heavy atom. The molecular weight excluding hydrogens is 256 g/mol. The second-order valence-corrected chi connectivity index (χ2v) is 6.02. The fraction of sp³-hybridized carbons (Fsp3) is 0.368. The minimum Gasteiger partial charge on any atom is -0.329 e. The monoisotopic (exact) mass is 280 g/mol. The molecule has 2 nitrogen and oxygen atoms in total. The van der Waals surface area contributed by atoms with Crippen LogP contribution in [0.5, 0.6) is 0 Å². The van der Waals surface area contributed by atoms with E-state index in [0.29, 0.717) is 6.04 Å². The molecule has 2 aromatic rings. The highest BCUT2D eigenvalue weighted by molar-refractivity contribution is 5.17. The van der Waals surface area contributed by atoms with E-state index >= 15 is 0 Å². The molecule has 1 aliphatic rings. The van der Waals surface area contributed by atoms with Gasteiger partial charge < -0.3 is 5.73 Å². The Kier molecular flexibility index (Phi) is 4.69. The summed E-state index contributed by atoms with van der Waals surface area (Å²) in [6, 6.07) is 21.9. The molecule has 110 valence electrons. The van der Waals surface area contributed by atoms with Gasteiger partial charge in [-0.25, -0.2) is 0 Å². The van der Waals surface area contributed by atoms with Crippen LogP contribution in [0, 0.1) is 5.92 Å². The van der Waals surface area contributed by atoms with Gasteiger partial charge in [-0.1, -0.05) is 60.7 Å². The third-order valence-electron chi connectivity index (χ3n) is 4.33. The highest BCUT2D eigenvalue weighted by atomic mass is 15.2. The van der Waals surface area contributed by atoms with Gasteiger partial charge in [0.2, 0.25) is 0 Å². The molecule has 0 radical (unpaired) electrons. The van der Waals surface area contributed by atoms with Crippen LogP contribution in [-0.2, 0) is 13.1 Å². The molecule has 21 heavy (non-hydrogen) atoms. The van der Waals surface area contributed by atoms with Crippen molar-refractivity contribution in [2.75, 3.05) is 6.54 Å². The van der Waals surface area contributed by atoms with Gasteiger partial charge >= 0.3 is 0 Å². The molecule has 1 aliphatic carbocycles. The highest BCUT2D eigenvalue weighted by Gasteiger charge is 2.34. The zero-order valence-electron chi connectivity index (χ0n) is 12.5. The third-order valence-corrected chi connectivity index (χ3v) is 4.33. The molecule has 1 fully saturated rings. The number of nitrogens with two attached hydrogens (primary N) is 1. The lowest BCUT2D eigenvalue weighted by molar-refractivity contribution is 0.163. The highest BCUT2D eigenvalue weighted by Crippen LogP contribution is 2.36. The molecule has 2 N–H and O–H groups in total. The van der Waals surface area contributed by atoms with Gasteiger partial charge in [0.1, 0.15) is 0 Å². The SMILES string of the molecule is NCC(C1CC1)N(Cc1ccccc1)Cc1ccccc1. The summed E-state index contributed by atoms with van der Waals surface area (Å²) in [4.78, 5) is 2.56. The van der Waals surface area contributed by atoms with Crippen molar-refractivity contribution in [1.29, 1.82) is 0 Å². The maximum absolute atomic E-state index is 6.08. The number of hydrogen-bond donors (Lipinski definition) is 1. The summed E-state index contributed by atoms with van der Waals surface area (Å²) in [7, 11) is 0. The number of hydrogen-bond acceptors (Lipinski definition) is 2. The molecule has 1 saturated carbocycles. The molecule has 1 unspecified atom stereocenters. The van der Waals surface area contributed by atoms with Crippen molar-refractivity contribution in [3.8, 4) is 0 Å². The molecule has 1 atom stereocenters. The molecule has 3 rings (SSSR count). The van der Waals surface area contributed by atoms with Gasteiger partial charge in [-0.05, 0) is 29.9 Å². The van der Waals surface area contributed by atoms with Crippen LogP contribution in [0.4, 0.5) is 0 Å². The quantitative estimate of drug-likeness (QED) is 0.842. The van der Waals surface area contributed by atoms with Crippen LogP contribution in [-0.4, -0.2) is 17.5 Å².